The van der Waals surface area contributed by atoms with Crippen molar-refractivity contribution in [2.75, 3.05) is 13.1 Å². The van der Waals surface area contributed by atoms with Gasteiger partial charge < -0.3 is 14.6 Å². The summed E-state index contributed by atoms with van der Waals surface area (Å²) in [6.07, 6.45) is 4.10. The largest absolute Gasteiger partial charge is 0.455 e. The highest BCUT2D eigenvalue weighted by molar-refractivity contribution is 5.88. The van der Waals surface area contributed by atoms with Gasteiger partial charge in [0.1, 0.15) is 11.3 Å². The van der Waals surface area contributed by atoms with Crippen LogP contribution in [0.15, 0.2) is 18.3 Å². The Morgan fingerprint density at radius 2 is 2.06 bits per heavy atom. The number of carbonyl (C=O) groups excluding carboxylic acids is 1. The van der Waals surface area contributed by atoms with Crippen molar-refractivity contribution in [3.63, 3.8) is 0 Å². The van der Waals surface area contributed by atoms with Gasteiger partial charge in [-0.25, -0.2) is 4.79 Å². The summed E-state index contributed by atoms with van der Waals surface area (Å²) in [4.78, 5) is 12.1. The number of rotatable bonds is 2. The summed E-state index contributed by atoms with van der Waals surface area (Å²) in [6, 6.07) is 4.17. The molecule has 4 nitrogen and oxygen atoms in total. The minimum Gasteiger partial charge on any atom is -0.455 e. The third-order valence-corrected chi connectivity index (χ3v) is 3.09. The average molecular weight is 250 g/mol. The zero-order chi connectivity index (χ0) is 13.2. The predicted octanol–water partition coefficient (Wildman–Crippen LogP) is 2.37. The van der Waals surface area contributed by atoms with E-state index >= 15 is 0 Å². The summed E-state index contributed by atoms with van der Waals surface area (Å²) in [5.41, 5.74) is 0.220. The van der Waals surface area contributed by atoms with E-state index in [2.05, 4.69) is 9.88 Å². The van der Waals surface area contributed by atoms with Gasteiger partial charge >= 0.3 is 5.97 Å². The van der Waals surface area contributed by atoms with Crippen LogP contribution in [0.1, 0.15) is 50.1 Å². The van der Waals surface area contributed by atoms with E-state index in [1.165, 1.54) is 0 Å². The Morgan fingerprint density at radius 1 is 1.39 bits per heavy atom. The summed E-state index contributed by atoms with van der Waals surface area (Å²) in [6.45, 7) is 7.70. The number of hydrogen-bond donors (Lipinski definition) is 1. The molecule has 0 aromatic carbocycles. The second-order valence-corrected chi connectivity index (χ2v) is 5.78. The van der Waals surface area contributed by atoms with Crippen LogP contribution in [0.25, 0.3) is 0 Å². The smallest absolute Gasteiger partial charge is 0.355 e. The van der Waals surface area contributed by atoms with Crippen LogP contribution >= 0.6 is 0 Å². The van der Waals surface area contributed by atoms with Crippen LogP contribution in [0.2, 0.25) is 0 Å². The molecule has 2 rings (SSSR count). The lowest BCUT2D eigenvalue weighted by Gasteiger charge is -2.27. The molecule has 100 valence electrons. The van der Waals surface area contributed by atoms with E-state index in [-0.39, 0.29) is 5.97 Å². The number of hydrogen-bond acceptors (Lipinski definition) is 3. The maximum absolute atomic E-state index is 12.1. The molecule has 0 saturated carbocycles. The van der Waals surface area contributed by atoms with Crippen LogP contribution in [0.5, 0.6) is 0 Å². The normalized spacial score (nSPS) is 17.7. The molecule has 1 aromatic rings. The Kier molecular flexibility index (Phi) is 3.76. The van der Waals surface area contributed by atoms with Gasteiger partial charge in [-0.2, -0.15) is 0 Å². The Bertz CT molecular complexity index is 412. The molecule has 1 aliphatic rings. The highest BCUT2D eigenvalue weighted by Crippen LogP contribution is 2.22. The Morgan fingerprint density at radius 3 is 2.67 bits per heavy atom. The highest BCUT2D eigenvalue weighted by atomic mass is 16.6. The van der Waals surface area contributed by atoms with E-state index in [0.717, 1.165) is 25.9 Å². The Hall–Kier alpha value is -1.29. The lowest BCUT2D eigenvalue weighted by Crippen LogP contribution is -2.31. The summed E-state index contributed by atoms with van der Waals surface area (Å²) in [7, 11) is 0. The third-order valence-electron chi connectivity index (χ3n) is 3.09. The topological polar surface area (TPSA) is 43.3 Å². The maximum atomic E-state index is 12.1. The molecule has 0 aliphatic carbocycles. The predicted molar refractivity (Wildman–Crippen MR) is 70.7 cm³/mol. The van der Waals surface area contributed by atoms with Crippen LogP contribution in [0, 0.1) is 0 Å². The van der Waals surface area contributed by atoms with E-state index in [1.807, 2.05) is 39.1 Å². The molecule has 0 spiro atoms. The van der Waals surface area contributed by atoms with Crippen LogP contribution in [-0.4, -0.2) is 29.2 Å². The average Bonchev–Trinajstić information content (AvgIpc) is 2.76. The second-order valence-electron chi connectivity index (χ2n) is 5.78. The molecule has 0 unspecified atom stereocenters. The van der Waals surface area contributed by atoms with Gasteiger partial charge in [-0.3, -0.25) is 0 Å². The van der Waals surface area contributed by atoms with E-state index in [9.17, 15) is 4.79 Å². The van der Waals surface area contributed by atoms with E-state index in [1.54, 1.807) is 0 Å². The van der Waals surface area contributed by atoms with Gasteiger partial charge in [-0.1, -0.05) is 0 Å². The molecule has 1 N–H and O–H groups in total. The molecule has 18 heavy (non-hydrogen) atoms. The number of aromatic nitrogens is 1. The SMILES string of the molecule is CC(C)(C)OC(=O)c1cccn1C1CCNCC1. The van der Waals surface area contributed by atoms with Crippen LogP contribution in [0.3, 0.4) is 0 Å². The second kappa shape index (κ2) is 5.14. The molecule has 1 fully saturated rings. The van der Waals surface area contributed by atoms with Gasteiger partial charge in [0.05, 0.1) is 0 Å². The molecule has 0 radical (unpaired) electrons. The minimum absolute atomic E-state index is 0.231. The summed E-state index contributed by atoms with van der Waals surface area (Å²) in [5.74, 6) is -0.231. The van der Waals surface area contributed by atoms with Gasteiger partial charge in [0, 0.05) is 12.2 Å². The molecule has 1 aromatic heterocycles. The number of ether oxygens (including phenoxy) is 1. The first kappa shape index (κ1) is 13.1. The van der Waals surface area contributed by atoms with Crippen molar-refractivity contribution in [1.29, 1.82) is 0 Å². The molecular weight excluding hydrogens is 228 g/mol. The van der Waals surface area contributed by atoms with Crippen molar-refractivity contribution < 1.29 is 9.53 Å². The monoisotopic (exact) mass is 250 g/mol. The number of carbonyl (C=O) groups is 1. The van der Waals surface area contributed by atoms with Crippen LogP contribution < -0.4 is 5.32 Å². The summed E-state index contributed by atoms with van der Waals surface area (Å²) >= 11 is 0. The first-order valence-electron chi connectivity index (χ1n) is 6.58. The van der Waals surface area contributed by atoms with Gasteiger partial charge in [0.25, 0.3) is 0 Å². The van der Waals surface area contributed by atoms with E-state index < -0.39 is 5.60 Å². The van der Waals surface area contributed by atoms with Gasteiger partial charge in [0.2, 0.25) is 0 Å². The third kappa shape index (κ3) is 3.13. The molecule has 0 atom stereocenters. The van der Waals surface area contributed by atoms with Crippen LogP contribution in [-0.2, 0) is 4.74 Å². The van der Waals surface area contributed by atoms with E-state index in [0.29, 0.717) is 11.7 Å². The molecular formula is C14H22N2O2. The highest BCUT2D eigenvalue weighted by Gasteiger charge is 2.23. The zero-order valence-electron chi connectivity index (χ0n) is 11.4. The van der Waals surface area contributed by atoms with Crippen molar-refractivity contribution in [3.8, 4) is 0 Å². The lowest BCUT2D eigenvalue weighted by atomic mass is 10.1. The van der Waals surface area contributed by atoms with Crippen LogP contribution in [0.4, 0.5) is 0 Å². The van der Waals surface area contributed by atoms with Gasteiger partial charge in [-0.15, -0.1) is 0 Å². The number of nitrogens with zero attached hydrogens (tertiary/aromatic N) is 1. The van der Waals surface area contributed by atoms with Crippen molar-refractivity contribution in [3.05, 3.63) is 24.0 Å². The Balaban J connectivity index is 2.14. The van der Waals surface area contributed by atoms with Gasteiger partial charge in [0.15, 0.2) is 0 Å². The minimum atomic E-state index is -0.444. The summed E-state index contributed by atoms with van der Waals surface area (Å²) < 4.78 is 7.50. The van der Waals surface area contributed by atoms with Crippen molar-refractivity contribution in [2.45, 2.75) is 45.3 Å². The molecule has 0 amide bonds. The molecule has 1 aliphatic heterocycles. The van der Waals surface area contributed by atoms with E-state index in [4.69, 9.17) is 4.74 Å². The number of piperidine rings is 1. The standard InChI is InChI=1S/C14H22N2O2/c1-14(2,3)18-13(17)12-5-4-10-16(12)11-6-8-15-9-7-11/h4-5,10-11,15H,6-9H2,1-3H3. The number of esters is 1. The summed E-state index contributed by atoms with van der Waals surface area (Å²) in [5, 5.41) is 3.33. The lowest BCUT2D eigenvalue weighted by molar-refractivity contribution is 0.00546. The first-order valence-corrected chi connectivity index (χ1v) is 6.58. The first-order chi connectivity index (χ1) is 8.47. The quantitative estimate of drug-likeness (QED) is 0.819. The van der Waals surface area contributed by atoms with Crippen molar-refractivity contribution in [1.82, 2.24) is 9.88 Å². The number of nitrogens with one attached hydrogen (secondary N) is 1. The fraction of sp³-hybridized carbons (Fsp3) is 0.643. The fourth-order valence-electron chi connectivity index (χ4n) is 2.30. The molecule has 2 heterocycles. The van der Waals surface area contributed by atoms with Crippen molar-refractivity contribution in [2.24, 2.45) is 0 Å². The Labute approximate surface area is 108 Å². The zero-order valence-corrected chi connectivity index (χ0v) is 11.4. The maximum Gasteiger partial charge on any atom is 0.355 e. The molecule has 4 heteroatoms. The van der Waals surface area contributed by atoms with Crippen molar-refractivity contribution >= 4 is 5.97 Å². The molecule has 0 bridgehead atoms. The van der Waals surface area contributed by atoms with Gasteiger partial charge in [-0.05, 0) is 58.8 Å². The molecule has 1 saturated heterocycles. The fourth-order valence-corrected chi connectivity index (χ4v) is 2.30.